The topological polar surface area (TPSA) is 77.4 Å². The van der Waals surface area contributed by atoms with Crippen LogP contribution in [0.4, 0.5) is 4.79 Å². The number of aliphatic hydroxyl groups is 1. The summed E-state index contributed by atoms with van der Waals surface area (Å²) < 4.78 is 4.48. The Bertz CT molecular complexity index is 360. The quantitative estimate of drug-likeness (QED) is 0.573. The third-order valence-corrected chi connectivity index (χ3v) is 1.71. The van der Waals surface area contributed by atoms with Crippen LogP contribution in [0.5, 0.6) is 0 Å². The van der Waals surface area contributed by atoms with E-state index in [1.807, 2.05) is 0 Å². The van der Waals surface area contributed by atoms with E-state index in [4.69, 9.17) is 0 Å². The summed E-state index contributed by atoms with van der Waals surface area (Å²) in [5, 5.41) is 11.7. The number of nitrogens with one attached hydrogen (secondary N) is 1. The van der Waals surface area contributed by atoms with E-state index in [2.05, 4.69) is 15.3 Å². The smallest absolute Gasteiger partial charge is 0.429 e. The van der Waals surface area contributed by atoms with Crippen molar-refractivity contribution in [2.24, 2.45) is 4.99 Å². The Balaban J connectivity index is 2.20. The van der Waals surface area contributed by atoms with Gasteiger partial charge in [-0.1, -0.05) is 0 Å². The molecule has 0 bridgehead atoms. The first kappa shape index (κ1) is 8.57. The summed E-state index contributed by atoms with van der Waals surface area (Å²) in [6, 6.07) is 0. The lowest BCUT2D eigenvalue weighted by atomic mass is 10.5. The number of nitrogens with zero attached hydrogens (tertiary/aromatic N) is 3. The Morgan fingerprint density at radius 1 is 1.71 bits per heavy atom. The third kappa shape index (κ3) is 1.19. The van der Waals surface area contributed by atoms with Crippen LogP contribution in [0.25, 0.3) is 0 Å². The number of hydrogen-bond acceptors (Lipinski definition) is 6. The lowest BCUT2D eigenvalue weighted by molar-refractivity contribution is 0.0802. The number of fused-ring (bicyclic) bond motifs is 1. The highest BCUT2D eigenvalue weighted by atomic mass is 16.5. The van der Waals surface area contributed by atoms with Crippen molar-refractivity contribution >= 4 is 12.3 Å². The lowest BCUT2D eigenvalue weighted by Gasteiger charge is -2.21. The van der Waals surface area contributed by atoms with Crippen LogP contribution >= 0.6 is 0 Å². The van der Waals surface area contributed by atoms with Gasteiger partial charge in [0.1, 0.15) is 0 Å². The van der Waals surface area contributed by atoms with Crippen LogP contribution in [0.1, 0.15) is 0 Å². The zero-order valence-corrected chi connectivity index (χ0v) is 7.34. The van der Waals surface area contributed by atoms with Gasteiger partial charge in [-0.3, -0.25) is 0 Å². The predicted molar refractivity (Wildman–Crippen MR) is 46.5 cm³/mol. The number of rotatable bonds is 0. The summed E-state index contributed by atoms with van der Waals surface area (Å²) >= 11 is 0. The van der Waals surface area contributed by atoms with E-state index < -0.39 is 6.09 Å². The van der Waals surface area contributed by atoms with E-state index in [1.54, 1.807) is 0 Å². The zero-order chi connectivity index (χ0) is 10.1. The molecule has 0 saturated carbocycles. The van der Waals surface area contributed by atoms with Gasteiger partial charge in [-0.25, -0.2) is 14.8 Å². The van der Waals surface area contributed by atoms with E-state index in [1.165, 1.54) is 30.6 Å². The van der Waals surface area contributed by atoms with Gasteiger partial charge in [-0.2, -0.15) is 5.01 Å². The van der Waals surface area contributed by atoms with E-state index in [0.717, 1.165) is 5.01 Å². The average molecular weight is 196 g/mol. The second-order valence-electron chi connectivity index (χ2n) is 2.57. The zero-order valence-electron chi connectivity index (χ0n) is 7.34. The summed E-state index contributed by atoms with van der Waals surface area (Å²) in [5.74, 6) is 0.369. The molecule has 0 spiro atoms. The molecule has 0 radical (unpaired) electrons. The molecule has 0 fully saturated rings. The van der Waals surface area contributed by atoms with Crippen molar-refractivity contribution in [2.75, 3.05) is 7.11 Å². The molecule has 2 rings (SSSR count). The van der Waals surface area contributed by atoms with Crippen LogP contribution in [0.3, 0.4) is 0 Å². The van der Waals surface area contributed by atoms with Gasteiger partial charge in [-0.15, -0.1) is 5.53 Å². The highest BCUT2D eigenvalue weighted by molar-refractivity contribution is 5.75. The number of hydrazine groups is 2. The standard InChI is InChI=1S/C7H8N4O3/c1-14-7(13)10-4-5-8-3-2-6(12)11(5)9-10/h2-4,9,12H,1H3. The fraction of sp³-hybridized carbons (Fsp3) is 0.143. The van der Waals surface area contributed by atoms with Crippen LogP contribution in [0.15, 0.2) is 29.0 Å². The minimum Gasteiger partial charge on any atom is -0.493 e. The van der Waals surface area contributed by atoms with Gasteiger partial charge in [0.05, 0.1) is 13.3 Å². The molecule has 0 aromatic rings. The molecule has 0 aromatic carbocycles. The number of aliphatic imine (C=N–C) groups is 1. The van der Waals surface area contributed by atoms with Crippen molar-refractivity contribution in [1.29, 1.82) is 0 Å². The molecule has 0 aromatic heterocycles. The van der Waals surface area contributed by atoms with Gasteiger partial charge in [0.15, 0.2) is 5.82 Å². The molecule has 2 N–H and O–H groups in total. The molecule has 2 aliphatic rings. The minimum absolute atomic E-state index is 0.0438. The Morgan fingerprint density at radius 2 is 2.50 bits per heavy atom. The summed E-state index contributed by atoms with van der Waals surface area (Å²) in [6.45, 7) is 0. The van der Waals surface area contributed by atoms with Crippen molar-refractivity contribution in [3.05, 3.63) is 24.0 Å². The average Bonchev–Trinajstić information content (AvgIpc) is 2.62. The van der Waals surface area contributed by atoms with Crippen LogP contribution in [0, 0.1) is 0 Å². The minimum atomic E-state index is -0.588. The van der Waals surface area contributed by atoms with Gasteiger partial charge in [0.25, 0.3) is 0 Å². The number of methoxy groups -OCH3 is 1. The fourth-order valence-corrected chi connectivity index (χ4v) is 1.07. The molecule has 2 aliphatic heterocycles. The molecule has 7 nitrogen and oxygen atoms in total. The maximum Gasteiger partial charge on any atom is 0.429 e. The number of allylic oxidation sites excluding steroid dienone is 1. The first-order valence-corrected chi connectivity index (χ1v) is 3.81. The number of hydrogen-bond donors (Lipinski definition) is 2. The van der Waals surface area contributed by atoms with Crippen molar-refractivity contribution in [1.82, 2.24) is 15.6 Å². The van der Waals surface area contributed by atoms with E-state index in [9.17, 15) is 9.90 Å². The van der Waals surface area contributed by atoms with Crippen LogP contribution < -0.4 is 5.53 Å². The maximum atomic E-state index is 11.1. The SMILES string of the molecule is COC(=O)N1C=C2N=CC=C(O)N2N1. The molecule has 74 valence electrons. The Hall–Kier alpha value is -2.02. The monoisotopic (exact) mass is 196 g/mol. The summed E-state index contributed by atoms with van der Waals surface area (Å²) in [4.78, 5) is 15.0. The first-order chi connectivity index (χ1) is 6.72. The maximum absolute atomic E-state index is 11.1. The highest BCUT2D eigenvalue weighted by Crippen LogP contribution is 2.19. The largest absolute Gasteiger partial charge is 0.493 e. The molecular formula is C7H8N4O3. The lowest BCUT2D eigenvalue weighted by Crippen LogP contribution is -2.43. The van der Waals surface area contributed by atoms with Gasteiger partial charge >= 0.3 is 6.09 Å². The van der Waals surface area contributed by atoms with E-state index in [0.29, 0.717) is 5.82 Å². The normalized spacial score (nSPS) is 18.9. The van der Waals surface area contributed by atoms with Crippen molar-refractivity contribution < 1.29 is 14.6 Å². The van der Waals surface area contributed by atoms with Crippen LogP contribution in [-0.4, -0.2) is 34.5 Å². The van der Waals surface area contributed by atoms with Gasteiger partial charge in [0.2, 0.25) is 5.88 Å². The van der Waals surface area contributed by atoms with E-state index >= 15 is 0 Å². The Morgan fingerprint density at radius 3 is 3.14 bits per heavy atom. The summed E-state index contributed by atoms with van der Waals surface area (Å²) in [5.41, 5.74) is 2.56. The Labute approximate surface area is 79.5 Å². The number of carbonyl (C=O) groups is 1. The Kier molecular flexibility index (Phi) is 1.86. The molecule has 1 amide bonds. The van der Waals surface area contributed by atoms with Gasteiger partial charge in [0, 0.05) is 12.3 Å². The summed E-state index contributed by atoms with van der Waals surface area (Å²) in [7, 11) is 1.26. The molecule has 7 heteroatoms. The fourth-order valence-electron chi connectivity index (χ4n) is 1.07. The molecule has 0 saturated heterocycles. The van der Waals surface area contributed by atoms with Crippen LogP contribution in [0.2, 0.25) is 0 Å². The van der Waals surface area contributed by atoms with E-state index in [-0.39, 0.29) is 5.88 Å². The number of amides is 1. The van der Waals surface area contributed by atoms with Gasteiger partial charge in [-0.05, 0) is 0 Å². The number of aliphatic hydroxyl groups excluding tert-OH is 1. The van der Waals surface area contributed by atoms with Crippen molar-refractivity contribution in [3.63, 3.8) is 0 Å². The molecule has 0 atom stereocenters. The molecule has 2 heterocycles. The first-order valence-electron chi connectivity index (χ1n) is 3.81. The predicted octanol–water partition coefficient (Wildman–Crippen LogP) is 0.0727. The van der Waals surface area contributed by atoms with Crippen molar-refractivity contribution in [2.45, 2.75) is 0 Å². The third-order valence-electron chi connectivity index (χ3n) is 1.71. The second kappa shape index (κ2) is 3.04. The molecule has 0 aliphatic carbocycles. The second-order valence-corrected chi connectivity index (χ2v) is 2.57. The molecule has 0 unspecified atom stereocenters. The summed E-state index contributed by atoms with van der Waals surface area (Å²) in [6.07, 6.45) is 3.64. The number of ether oxygens (including phenoxy) is 1. The number of carbonyl (C=O) groups excluding carboxylic acids is 1. The molecular weight excluding hydrogens is 188 g/mol. The molecule has 14 heavy (non-hydrogen) atoms. The highest BCUT2D eigenvalue weighted by Gasteiger charge is 2.28. The van der Waals surface area contributed by atoms with Crippen LogP contribution in [-0.2, 0) is 4.74 Å². The van der Waals surface area contributed by atoms with Crippen molar-refractivity contribution in [3.8, 4) is 0 Å². The van der Waals surface area contributed by atoms with Gasteiger partial charge < -0.3 is 9.84 Å².